The fourth-order valence-electron chi connectivity index (χ4n) is 1.40. The summed E-state index contributed by atoms with van der Waals surface area (Å²) >= 11 is 8.78. The van der Waals surface area contributed by atoms with Crippen LogP contribution in [0.2, 0.25) is 5.02 Å². The summed E-state index contributed by atoms with van der Waals surface area (Å²) in [5.41, 5.74) is -0.0638. The van der Waals surface area contributed by atoms with E-state index in [1.165, 1.54) is 12.3 Å². The van der Waals surface area contributed by atoms with Gasteiger partial charge in [-0.3, -0.25) is 4.79 Å². The van der Waals surface area contributed by atoms with E-state index in [-0.39, 0.29) is 16.3 Å². The van der Waals surface area contributed by atoms with Crippen molar-refractivity contribution in [2.75, 3.05) is 5.32 Å². The Hall–Kier alpha value is -1.53. The Labute approximate surface area is 120 Å². The van der Waals surface area contributed by atoms with Gasteiger partial charge < -0.3 is 5.32 Å². The first-order valence-electron chi connectivity index (χ1n) is 5.05. The molecule has 2 rings (SSSR count). The van der Waals surface area contributed by atoms with Gasteiger partial charge in [0.15, 0.2) is 5.82 Å². The Morgan fingerprint density at radius 1 is 1.37 bits per heavy atom. The fraction of sp³-hybridized carbons (Fsp3) is 0. The van der Waals surface area contributed by atoms with Gasteiger partial charge in [0.2, 0.25) is 0 Å². The summed E-state index contributed by atoms with van der Waals surface area (Å²) in [5, 5.41) is 2.06. The number of amides is 1. The second-order valence-corrected chi connectivity index (χ2v) is 4.70. The lowest BCUT2D eigenvalue weighted by Gasteiger charge is -2.09. The molecule has 3 nitrogen and oxygen atoms in total. The van der Waals surface area contributed by atoms with Crippen LogP contribution in [0.1, 0.15) is 10.4 Å². The molecule has 1 aromatic carbocycles. The maximum Gasteiger partial charge on any atom is 0.258 e. The van der Waals surface area contributed by atoms with E-state index < -0.39 is 17.5 Å². The van der Waals surface area contributed by atoms with Gasteiger partial charge in [0, 0.05) is 12.3 Å². The number of hydrogen-bond donors (Lipinski definition) is 1. The minimum Gasteiger partial charge on any atom is -0.318 e. The first-order valence-corrected chi connectivity index (χ1v) is 6.22. The average Bonchev–Trinajstić information content (AvgIpc) is 2.34. The van der Waals surface area contributed by atoms with E-state index in [0.717, 1.165) is 6.07 Å². The molecule has 0 saturated heterocycles. The molecule has 0 radical (unpaired) electrons. The van der Waals surface area contributed by atoms with Crippen LogP contribution in [0.5, 0.6) is 0 Å². The van der Waals surface area contributed by atoms with Crippen LogP contribution in [0.25, 0.3) is 0 Å². The molecule has 0 aliphatic carbocycles. The van der Waals surface area contributed by atoms with E-state index in [9.17, 15) is 13.6 Å². The summed E-state index contributed by atoms with van der Waals surface area (Å²) in [5.74, 6) is -2.37. The van der Waals surface area contributed by atoms with Crippen molar-refractivity contribution in [1.82, 2.24) is 4.98 Å². The average molecular weight is 348 g/mol. The Bertz CT molecular complexity index is 628. The molecule has 1 aromatic heterocycles. The summed E-state index contributed by atoms with van der Waals surface area (Å²) in [6, 6.07) is 4.61. The van der Waals surface area contributed by atoms with Crippen LogP contribution in [0.15, 0.2) is 35.1 Å². The molecule has 19 heavy (non-hydrogen) atoms. The molecule has 1 N–H and O–H groups in total. The molecule has 0 saturated carbocycles. The minimum absolute atomic E-state index is 0.210. The molecule has 0 fully saturated rings. The summed E-state index contributed by atoms with van der Waals surface area (Å²) in [6.45, 7) is 0. The van der Waals surface area contributed by atoms with Crippen molar-refractivity contribution >= 4 is 39.1 Å². The van der Waals surface area contributed by atoms with Crippen LogP contribution in [0.3, 0.4) is 0 Å². The molecule has 0 atom stereocenters. The van der Waals surface area contributed by atoms with Crippen molar-refractivity contribution < 1.29 is 13.6 Å². The molecule has 0 spiro atoms. The molecule has 2 aromatic rings. The normalized spacial score (nSPS) is 10.3. The van der Waals surface area contributed by atoms with Gasteiger partial charge in [-0.25, -0.2) is 13.8 Å². The van der Waals surface area contributed by atoms with Crippen LogP contribution in [-0.2, 0) is 0 Å². The van der Waals surface area contributed by atoms with Crippen molar-refractivity contribution in [1.29, 1.82) is 0 Å². The molecule has 0 aliphatic heterocycles. The number of pyridine rings is 1. The van der Waals surface area contributed by atoms with Crippen LogP contribution in [0.4, 0.5) is 14.5 Å². The topological polar surface area (TPSA) is 42.0 Å². The van der Waals surface area contributed by atoms with Crippen molar-refractivity contribution in [3.8, 4) is 0 Å². The molecule has 0 unspecified atom stereocenters. The summed E-state index contributed by atoms with van der Waals surface area (Å²) < 4.78 is 26.7. The number of carbonyl (C=O) groups is 1. The predicted octanol–water partition coefficient (Wildman–Crippen LogP) is 4.03. The van der Waals surface area contributed by atoms with Crippen LogP contribution < -0.4 is 5.32 Å². The quantitative estimate of drug-likeness (QED) is 0.834. The van der Waals surface area contributed by atoms with E-state index >= 15 is 0 Å². The highest BCUT2D eigenvalue weighted by atomic mass is 79.9. The zero-order valence-electron chi connectivity index (χ0n) is 9.25. The molecule has 98 valence electrons. The number of benzene rings is 1. The lowest BCUT2D eigenvalue weighted by molar-refractivity contribution is 0.102. The van der Waals surface area contributed by atoms with Gasteiger partial charge in [-0.2, -0.15) is 0 Å². The van der Waals surface area contributed by atoms with Crippen LogP contribution >= 0.6 is 27.5 Å². The number of hydrogen-bond acceptors (Lipinski definition) is 2. The van der Waals surface area contributed by atoms with Gasteiger partial charge in [0.05, 0.1) is 16.3 Å². The lowest BCUT2D eigenvalue weighted by Crippen LogP contribution is -2.14. The third-order valence-electron chi connectivity index (χ3n) is 2.25. The summed E-state index contributed by atoms with van der Waals surface area (Å²) in [4.78, 5) is 15.8. The Balaban J connectivity index is 2.32. The number of nitrogens with zero attached hydrogens (tertiary/aromatic N) is 1. The maximum absolute atomic E-state index is 13.5. The van der Waals surface area contributed by atoms with E-state index in [0.29, 0.717) is 10.7 Å². The number of nitrogens with one attached hydrogen (secondary N) is 1. The third-order valence-corrected chi connectivity index (χ3v) is 3.18. The van der Waals surface area contributed by atoms with Crippen LogP contribution in [0, 0.1) is 11.6 Å². The first-order chi connectivity index (χ1) is 8.99. The van der Waals surface area contributed by atoms with E-state index in [4.69, 9.17) is 11.6 Å². The summed E-state index contributed by atoms with van der Waals surface area (Å²) in [6.07, 6.45) is 1.49. The SMILES string of the molecule is O=C(Nc1c(F)cc(F)cc1Cl)c1cccnc1Br. The molecule has 1 amide bonds. The fourth-order valence-corrected chi connectivity index (χ4v) is 2.07. The number of halogens is 4. The Morgan fingerprint density at radius 3 is 2.74 bits per heavy atom. The lowest BCUT2D eigenvalue weighted by atomic mass is 10.2. The van der Waals surface area contributed by atoms with E-state index in [1.807, 2.05) is 0 Å². The minimum atomic E-state index is -0.946. The largest absolute Gasteiger partial charge is 0.318 e. The number of carbonyl (C=O) groups excluding carboxylic acids is 1. The smallest absolute Gasteiger partial charge is 0.258 e. The second kappa shape index (κ2) is 5.63. The maximum atomic E-state index is 13.5. The monoisotopic (exact) mass is 346 g/mol. The molecule has 7 heteroatoms. The van der Waals surface area contributed by atoms with Gasteiger partial charge >= 0.3 is 0 Å². The Kier molecular flexibility index (Phi) is 4.11. The third kappa shape index (κ3) is 3.08. The highest BCUT2D eigenvalue weighted by Crippen LogP contribution is 2.27. The summed E-state index contributed by atoms with van der Waals surface area (Å²) in [7, 11) is 0. The zero-order chi connectivity index (χ0) is 14.0. The van der Waals surface area contributed by atoms with Crippen molar-refractivity contribution in [3.63, 3.8) is 0 Å². The predicted molar refractivity (Wildman–Crippen MR) is 71.3 cm³/mol. The molecular formula is C12H6BrClF2N2O. The van der Waals surface area contributed by atoms with Gasteiger partial charge in [0.1, 0.15) is 10.4 Å². The molecule has 1 heterocycles. The van der Waals surface area contributed by atoms with Crippen molar-refractivity contribution in [2.45, 2.75) is 0 Å². The highest BCUT2D eigenvalue weighted by molar-refractivity contribution is 9.10. The van der Waals surface area contributed by atoms with Crippen molar-refractivity contribution in [2.24, 2.45) is 0 Å². The van der Waals surface area contributed by atoms with Gasteiger partial charge in [-0.05, 0) is 34.1 Å². The zero-order valence-corrected chi connectivity index (χ0v) is 11.6. The standard InChI is InChI=1S/C12H6BrClF2N2O/c13-11-7(2-1-3-17-11)12(19)18-10-8(14)4-6(15)5-9(10)16/h1-5H,(H,18,19). The van der Waals surface area contributed by atoms with Crippen molar-refractivity contribution in [3.05, 3.63) is 57.3 Å². The molecular weight excluding hydrogens is 341 g/mol. The van der Waals surface area contributed by atoms with E-state index in [2.05, 4.69) is 26.2 Å². The van der Waals surface area contributed by atoms with E-state index in [1.54, 1.807) is 6.07 Å². The second-order valence-electron chi connectivity index (χ2n) is 3.54. The first kappa shape index (κ1) is 13.9. The van der Waals surface area contributed by atoms with Crippen LogP contribution in [-0.4, -0.2) is 10.9 Å². The van der Waals surface area contributed by atoms with Gasteiger partial charge in [-0.1, -0.05) is 11.6 Å². The molecule has 0 bridgehead atoms. The van der Waals surface area contributed by atoms with Gasteiger partial charge in [0.25, 0.3) is 5.91 Å². The van der Waals surface area contributed by atoms with Gasteiger partial charge in [-0.15, -0.1) is 0 Å². The molecule has 0 aliphatic rings. The number of anilines is 1. The number of rotatable bonds is 2. The highest BCUT2D eigenvalue weighted by Gasteiger charge is 2.16. The Morgan fingerprint density at radius 2 is 2.11 bits per heavy atom. The number of aromatic nitrogens is 1.